The van der Waals surface area contributed by atoms with E-state index in [1.165, 1.54) is 0 Å². The van der Waals surface area contributed by atoms with E-state index in [-0.39, 0.29) is 4.88 Å². The van der Waals surface area contributed by atoms with Gasteiger partial charge in [-0.25, -0.2) is 4.79 Å². The van der Waals surface area contributed by atoms with Crippen LogP contribution in [0.4, 0.5) is 5.69 Å². The van der Waals surface area contributed by atoms with E-state index >= 15 is 0 Å². The maximum absolute atomic E-state index is 11.0. The van der Waals surface area contributed by atoms with Gasteiger partial charge in [-0.05, 0) is 36.2 Å². The average molecular weight is 302 g/mol. The zero-order valence-corrected chi connectivity index (χ0v) is 11.7. The van der Waals surface area contributed by atoms with Crippen molar-refractivity contribution < 1.29 is 9.90 Å². The highest BCUT2D eigenvalue weighted by Gasteiger charge is 2.19. The zero-order chi connectivity index (χ0) is 13.4. The number of thiophene rings is 1. The number of carboxylic acids is 1. The molecule has 0 amide bonds. The quantitative estimate of drug-likeness (QED) is 0.868. The average Bonchev–Trinajstić information content (AvgIpc) is 2.55. The first kappa shape index (κ1) is 13.2. The third kappa shape index (κ3) is 2.32. The molecule has 0 saturated carbocycles. The number of nitrogens with two attached hydrogens (primary N) is 1. The Hall–Kier alpha value is -1.23. The molecular weight excluding hydrogens is 293 g/mol. The van der Waals surface area contributed by atoms with Crippen LogP contribution >= 0.6 is 34.5 Å². The van der Waals surface area contributed by atoms with Crippen molar-refractivity contribution in [2.45, 2.75) is 6.92 Å². The second-order valence-corrected chi connectivity index (χ2v) is 5.66. The second kappa shape index (κ2) is 4.80. The molecular formula is C12H9Cl2NO2S. The Balaban J connectivity index is 2.64. The maximum Gasteiger partial charge on any atom is 0.348 e. The number of hydrogen-bond donors (Lipinski definition) is 2. The summed E-state index contributed by atoms with van der Waals surface area (Å²) in [5.41, 5.74) is 7.58. The molecule has 0 radical (unpaired) electrons. The van der Waals surface area contributed by atoms with Crippen LogP contribution in [0.25, 0.3) is 10.4 Å². The van der Waals surface area contributed by atoms with Crippen LogP contribution in [0.3, 0.4) is 0 Å². The minimum atomic E-state index is -1.03. The minimum Gasteiger partial charge on any atom is -0.477 e. The van der Waals surface area contributed by atoms with Crippen LogP contribution in [0.5, 0.6) is 0 Å². The predicted molar refractivity (Wildman–Crippen MR) is 75.9 cm³/mol. The Bertz CT molecular complexity index is 617. The number of anilines is 1. The van der Waals surface area contributed by atoms with Gasteiger partial charge in [-0.1, -0.05) is 23.2 Å². The first-order valence-electron chi connectivity index (χ1n) is 4.98. The number of halogens is 2. The Morgan fingerprint density at radius 3 is 2.28 bits per heavy atom. The van der Waals surface area contributed by atoms with Gasteiger partial charge in [-0.2, -0.15) is 0 Å². The molecule has 0 unspecified atom stereocenters. The molecule has 2 rings (SSSR count). The molecule has 0 aliphatic heterocycles. The van der Waals surface area contributed by atoms with E-state index in [9.17, 15) is 4.79 Å². The Morgan fingerprint density at radius 1 is 1.28 bits per heavy atom. The van der Waals surface area contributed by atoms with E-state index in [1.807, 2.05) is 0 Å². The Morgan fingerprint density at radius 2 is 1.83 bits per heavy atom. The van der Waals surface area contributed by atoms with Crippen molar-refractivity contribution in [3.05, 3.63) is 38.7 Å². The van der Waals surface area contributed by atoms with Gasteiger partial charge in [0, 0.05) is 14.9 Å². The standard InChI is InChI=1S/C12H9Cl2NO2S/c1-5-9(15)11(12(16)17)18-10(5)6-2-7(13)4-8(14)3-6/h2-4H,15H2,1H3,(H,16,17). The molecule has 3 nitrogen and oxygen atoms in total. The number of benzene rings is 1. The predicted octanol–water partition coefficient (Wildman–Crippen LogP) is 4.31. The number of aromatic carboxylic acids is 1. The lowest BCUT2D eigenvalue weighted by molar-refractivity contribution is 0.0703. The summed E-state index contributed by atoms with van der Waals surface area (Å²) in [4.78, 5) is 11.9. The van der Waals surface area contributed by atoms with Gasteiger partial charge in [0.25, 0.3) is 0 Å². The van der Waals surface area contributed by atoms with Gasteiger partial charge in [-0.3, -0.25) is 0 Å². The van der Waals surface area contributed by atoms with Crippen molar-refractivity contribution in [2.24, 2.45) is 0 Å². The lowest BCUT2D eigenvalue weighted by Crippen LogP contribution is -1.97. The number of hydrogen-bond acceptors (Lipinski definition) is 3. The van der Waals surface area contributed by atoms with Crippen LogP contribution in [0.15, 0.2) is 18.2 Å². The monoisotopic (exact) mass is 301 g/mol. The van der Waals surface area contributed by atoms with E-state index < -0.39 is 5.97 Å². The number of carbonyl (C=O) groups is 1. The molecule has 0 aliphatic carbocycles. The fourth-order valence-electron chi connectivity index (χ4n) is 1.65. The maximum atomic E-state index is 11.0. The van der Waals surface area contributed by atoms with Gasteiger partial charge < -0.3 is 10.8 Å². The van der Waals surface area contributed by atoms with Crippen LogP contribution < -0.4 is 5.73 Å². The normalized spacial score (nSPS) is 10.6. The van der Waals surface area contributed by atoms with Crippen LogP contribution in [0.2, 0.25) is 10.0 Å². The molecule has 0 saturated heterocycles. The summed E-state index contributed by atoms with van der Waals surface area (Å²) in [5, 5.41) is 10.0. The molecule has 3 N–H and O–H groups in total. The zero-order valence-electron chi connectivity index (χ0n) is 9.33. The third-order valence-electron chi connectivity index (χ3n) is 2.51. The molecule has 1 heterocycles. The molecule has 0 aliphatic rings. The van der Waals surface area contributed by atoms with E-state index in [4.69, 9.17) is 34.0 Å². The number of rotatable bonds is 2. The van der Waals surface area contributed by atoms with E-state index in [2.05, 4.69) is 0 Å². The molecule has 1 aromatic heterocycles. The highest BCUT2D eigenvalue weighted by atomic mass is 35.5. The first-order valence-corrected chi connectivity index (χ1v) is 6.56. The van der Waals surface area contributed by atoms with Gasteiger partial charge >= 0.3 is 5.97 Å². The summed E-state index contributed by atoms with van der Waals surface area (Å²) in [6.07, 6.45) is 0. The molecule has 1 aromatic carbocycles. The molecule has 0 fully saturated rings. The number of carboxylic acid groups (broad SMARTS) is 1. The lowest BCUT2D eigenvalue weighted by atomic mass is 10.1. The SMILES string of the molecule is Cc1c(-c2cc(Cl)cc(Cl)c2)sc(C(=O)O)c1N. The highest BCUT2D eigenvalue weighted by Crippen LogP contribution is 2.39. The van der Waals surface area contributed by atoms with E-state index in [1.54, 1.807) is 25.1 Å². The summed E-state index contributed by atoms with van der Waals surface area (Å²) >= 11 is 13.0. The highest BCUT2D eigenvalue weighted by molar-refractivity contribution is 7.18. The summed E-state index contributed by atoms with van der Waals surface area (Å²) < 4.78 is 0. The molecule has 2 aromatic rings. The van der Waals surface area contributed by atoms with Crippen molar-refractivity contribution in [2.75, 3.05) is 5.73 Å². The summed E-state index contributed by atoms with van der Waals surface area (Å²) in [7, 11) is 0. The second-order valence-electron chi connectivity index (χ2n) is 3.76. The molecule has 18 heavy (non-hydrogen) atoms. The van der Waals surface area contributed by atoms with Crippen molar-refractivity contribution in [3.8, 4) is 10.4 Å². The first-order chi connectivity index (χ1) is 8.40. The van der Waals surface area contributed by atoms with Crippen LogP contribution in [0, 0.1) is 6.92 Å². The Labute approximate surface area is 118 Å². The third-order valence-corrected chi connectivity index (χ3v) is 4.29. The van der Waals surface area contributed by atoms with Crippen molar-refractivity contribution in [1.82, 2.24) is 0 Å². The van der Waals surface area contributed by atoms with E-state index in [0.29, 0.717) is 15.7 Å². The van der Waals surface area contributed by atoms with Gasteiger partial charge in [0.05, 0.1) is 5.69 Å². The van der Waals surface area contributed by atoms with Crippen LogP contribution in [-0.2, 0) is 0 Å². The summed E-state index contributed by atoms with van der Waals surface area (Å²) in [5.74, 6) is -1.03. The van der Waals surface area contributed by atoms with E-state index in [0.717, 1.165) is 27.3 Å². The van der Waals surface area contributed by atoms with Gasteiger partial charge in [0.1, 0.15) is 4.88 Å². The largest absolute Gasteiger partial charge is 0.477 e. The van der Waals surface area contributed by atoms with Gasteiger partial charge in [0.2, 0.25) is 0 Å². The van der Waals surface area contributed by atoms with Crippen molar-refractivity contribution in [3.63, 3.8) is 0 Å². The molecule has 0 bridgehead atoms. The Kier molecular flexibility index (Phi) is 3.52. The number of nitrogen functional groups attached to an aromatic ring is 1. The topological polar surface area (TPSA) is 63.3 Å². The van der Waals surface area contributed by atoms with Crippen molar-refractivity contribution >= 4 is 46.2 Å². The minimum absolute atomic E-state index is 0.138. The molecule has 94 valence electrons. The van der Waals surface area contributed by atoms with Crippen molar-refractivity contribution in [1.29, 1.82) is 0 Å². The smallest absolute Gasteiger partial charge is 0.348 e. The summed E-state index contributed by atoms with van der Waals surface area (Å²) in [6.45, 7) is 1.78. The van der Waals surface area contributed by atoms with Gasteiger partial charge in [0.15, 0.2) is 0 Å². The fraction of sp³-hybridized carbons (Fsp3) is 0.0833. The summed E-state index contributed by atoms with van der Waals surface area (Å²) in [6, 6.07) is 5.09. The van der Waals surface area contributed by atoms with Crippen LogP contribution in [-0.4, -0.2) is 11.1 Å². The lowest BCUT2D eigenvalue weighted by Gasteiger charge is -2.02. The van der Waals surface area contributed by atoms with Crippen LogP contribution in [0.1, 0.15) is 15.2 Å². The van der Waals surface area contributed by atoms with Gasteiger partial charge in [-0.15, -0.1) is 11.3 Å². The molecule has 0 spiro atoms. The molecule has 0 atom stereocenters. The molecule has 6 heteroatoms. The fourth-order valence-corrected chi connectivity index (χ4v) is 3.22.